The summed E-state index contributed by atoms with van der Waals surface area (Å²) in [7, 11) is 0. The summed E-state index contributed by atoms with van der Waals surface area (Å²) in [5.41, 5.74) is 0. The van der Waals surface area contributed by atoms with Crippen LogP contribution in [0, 0.1) is 0 Å². The van der Waals surface area contributed by atoms with Crippen LogP contribution in [0.3, 0.4) is 0 Å². The van der Waals surface area contributed by atoms with E-state index in [0.717, 1.165) is 0 Å². The monoisotopic (exact) mass is 376 g/mol. The minimum atomic E-state index is -5.88. The Hall–Kier alpha value is 1.17. The summed E-state index contributed by atoms with van der Waals surface area (Å²) in [4.78, 5) is 0. The molecule has 0 saturated carbocycles. The molecular formula is As2MoO8. The summed E-state index contributed by atoms with van der Waals surface area (Å²) in [5.74, 6) is 0. The van der Waals surface area contributed by atoms with Crippen molar-refractivity contribution in [3.05, 3.63) is 0 Å². The van der Waals surface area contributed by atoms with E-state index in [-0.39, 0.29) is 21.1 Å². The van der Waals surface area contributed by atoms with Crippen LogP contribution in [-0.2, 0) is 28.5 Å². The standard InChI is InChI=1S/2AsH3O4.Mo/c2*2-1(3,4)5;/h2*(H3,2,3,4,5);/q;;+6/p-6. The third-order valence-corrected chi connectivity index (χ3v) is 0. The first-order valence-electron chi connectivity index (χ1n) is 1.46. The summed E-state index contributed by atoms with van der Waals surface area (Å²) in [6.07, 6.45) is 0. The van der Waals surface area contributed by atoms with Crippen molar-refractivity contribution in [3.8, 4) is 0 Å². The van der Waals surface area contributed by atoms with Crippen LogP contribution in [0.15, 0.2) is 0 Å². The van der Waals surface area contributed by atoms with Gasteiger partial charge in [-0.1, -0.05) is 0 Å². The van der Waals surface area contributed by atoms with E-state index in [1.165, 1.54) is 0 Å². The number of hydrogen-bond acceptors (Lipinski definition) is 8. The maximum Gasteiger partial charge on any atom is 6.00 e. The third-order valence-electron chi connectivity index (χ3n) is 0. The Morgan fingerprint density at radius 1 is 0.636 bits per heavy atom. The van der Waals surface area contributed by atoms with Crippen LogP contribution in [0.2, 0.25) is 0 Å². The predicted octanol–water partition coefficient (Wildman–Crippen LogP) is -8.14. The van der Waals surface area contributed by atoms with E-state index < -0.39 is 29.0 Å². The van der Waals surface area contributed by atoms with Gasteiger partial charge in [-0.3, -0.25) is 0 Å². The zero-order valence-electron chi connectivity index (χ0n) is 4.57. The third kappa shape index (κ3) is 691. The molecule has 0 N–H and O–H groups in total. The van der Waals surface area contributed by atoms with Crippen molar-refractivity contribution in [1.29, 1.82) is 0 Å². The second-order valence-electron chi connectivity index (χ2n) is 0.894. The van der Waals surface area contributed by atoms with Crippen molar-refractivity contribution in [2.75, 3.05) is 0 Å². The van der Waals surface area contributed by atoms with Gasteiger partial charge in [0.25, 0.3) is 0 Å². The molecule has 0 aromatic carbocycles. The maximum absolute atomic E-state index is 8.61. The van der Waals surface area contributed by atoms with Crippen LogP contribution in [-0.4, -0.2) is 29.0 Å². The molecule has 0 aliphatic carbocycles. The molecule has 11 heteroatoms. The summed E-state index contributed by atoms with van der Waals surface area (Å²) >= 11 is -11.8. The Morgan fingerprint density at radius 3 is 0.636 bits per heavy atom. The molecule has 0 aromatic heterocycles. The largest absolute Gasteiger partial charge is 6.00 e. The molecule has 0 spiro atoms. The molecule has 0 fully saturated rings. The van der Waals surface area contributed by atoms with Gasteiger partial charge in [0.2, 0.25) is 0 Å². The van der Waals surface area contributed by atoms with E-state index in [1.807, 2.05) is 0 Å². The quantitative estimate of drug-likeness (QED) is 0.376. The summed E-state index contributed by atoms with van der Waals surface area (Å²) in [6.45, 7) is 0. The van der Waals surface area contributed by atoms with Crippen molar-refractivity contribution < 1.29 is 53.1 Å². The Balaban J connectivity index is -0.000000107. The molecule has 11 heavy (non-hydrogen) atoms. The Kier molecular flexibility index (Phi) is 10.9. The van der Waals surface area contributed by atoms with E-state index in [2.05, 4.69) is 0 Å². The Bertz CT molecular complexity index is 124. The summed E-state index contributed by atoms with van der Waals surface area (Å²) in [6, 6.07) is 0. The minimum absolute atomic E-state index is 0. The maximum atomic E-state index is 8.61. The van der Waals surface area contributed by atoms with Gasteiger partial charge in [-0.15, -0.1) is 0 Å². The van der Waals surface area contributed by atoms with Gasteiger partial charge in [0.1, 0.15) is 0 Å². The van der Waals surface area contributed by atoms with Gasteiger partial charge < -0.3 is 0 Å². The predicted molar refractivity (Wildman–Crippen MR) is 12.9 cm³/mol. The molecule has 8 nitrogen and oxygen atoms in total. The molecule has 0 heterocycles. The SMILES string of the molecule is O=[As]([O-])([O-])[O-].O=[As]([O-])([O-])[O-].[Mo+6]. The zero-order valence-corrected chi connectivity index (χ0v) is 10.3. The van der Waals surface area contributed by atoms with Gasteiger partial charge >= 0.3 is 82.1 Å². The smallest absolute Gasteiger partial charge is 6.00 e. The van der Waals surface area contributed by atoms with E-state index in [0.29, 0.717) is 0 Å². The number of hydrogen-bond donors (Lipinski definition) is 0. The van der Waals surface area contributed by atoms with Crippen molar-refractivity contribution in [1.82, 2.24) is 0 Å². The summed E-state index contributed by atoms with van der Waals surface area (Å²) in [5, 5.41) is 0. The topological polar surface area (TPSA) is 172 Å². The van der Waals surface area contributed by atoms with Gasteiger partial charge in [-0.2, -0.15) is 0 Å². The van der Waals surface area contributed by atoms with E-state index >= 15 is 0 Å². The van der Waals surface area contributed by atoms with Crippen molar-refractivity contribution >= 4 is 29.0 Å². The molecule has 64 valence electrons. The van der Waals surface area contributed by atoms with Crippen LogP contribution in [0.4, 0.5) is 0 Å². The molecule has 0 rings (SSSR count). The molecule has 0 unspecified atom stereocenters. The molecule has 0 amide bonds. The molecule has 0 aliphatic heterocycles. The van der Waals surface area contributed by atoms with E-state index in [9.17, 15) is 0 Å². The van der Waals surface area contributed by atoms with Crippen LogP contribution in [0.5, 0.6) is 0 Å². The molecule has 0 radical (unpaired) electrons. The van der Waals surface area contributed by atoms with E-state index in [4.69, 9.17) is 32.1 Å². The Morgan fingerprint density at radius 2 is 0.636 bits per heavy atom. The molecule has 0 aliphatic rings. The van der Waals surface area contributed by atoms with Gasteiger partial charge in [-0.25, -0.2) is 0 Å². The summed E-state index contributed by atoms with van der Waals surface area (Å²) < 4.78 is 68.9. The zero-order chi connectivity index (χ0) is 9.00. The molecule has 0 saturated heterocycles. The average molecular weight is 374 g/mol. The van der Waals surface area contributed by atoms with Crippen LogP contribution in [0.1, 0.15) is 0 Å². The van der Waals surface area contributed by atoms with Crippen LogP contribution >= 0.6 is 0 Å². The average Bonchev–Trinajstić information content (AvgIpc) is 1.12. The first-order chi connectivity index (χ1) is 4.00. The normalized spacial score (nSPS) is 10.7. The van der Waals surface area contributed by atoms with Crippen LogP contribution < -0.4 is 24.6 Å². The molecule has 0 aromatic rings. The Labute approximate surface area is 81.8 Å². The van der Waals surface area contributed by atoms with Crippen LogP contribution in [0.25, 0.3) is 0 Å². The second-order valence-corrected chi connectivity index (χ2v) is 4.65. The molecule has 0 atom stereocenters. The second kappa shape index (κ2) is 6.66. The van der Waals surface area contributed by atoms with Gasteiger partial charge in [0, 0.05) is 0 Å². The minimum Gasteiger partial charge on any atom is 6.00 e. The van der Waals surface area contributed by atoms with Crippen molar-refractivity contribution in [3.63, 3.8) is 0 Å². The fourth-order valence-electron chi connectivity index (χ4n) is 0. The van der Waals surface area contributed by atoms with Gasteiger partial charge in [-0.05, 0) is 0 Å². The van der Waals surface area contributed by atoms with Crippen molar-refractivity contribution in [2.45, 2.75) is 0 Å². The molecule has 0 bridgehead atoms. The first kappa shape index (κ1) is 18.1. The van der Waals surface area contributed by atoms with Gasteiger partial charge in [0.05, 0.1) is 0 Å². The first-order valence-corrected chi connectivity index (χ1v) is 7.59. The van der Waals surface area contributed by atoms with Gasteiger partial charge in [0.15, 0.2) is 0 Å². The van der Waals surface area contributed by atoms with Crippen molar-refractivity contribution in [2.24, 2.45) is 0 Å². The molecular weight excluding hydrogens is 374 g/mol. The van der Waals surface area contributed by atoms with E-state index in [1.54, 1.807) is 0 Å². The number of rotatable bonds is 0. The fourth-order valence-corrected chi connectivity index (χ4v) is 0. The fraction of sp³-hybridized carbons (Fsp3) is 0.